The first-order chi connectivity index (χ1) is 4.61. The number of pyridine rings is 1. The number of rotatable bonds is 0. The van der Waals surface area contributed by atoms with Gasteiger partial charge < -0.3 is 15.7 Å². The van der Waals surface area contributed by atoms with Crippen molar-refractivity contribution in [2.75, 3.05) is 5.73 Å². The molecule has 4 nitrogen and oxygen atoms in total. The van der Waals surface area contributed by atoms with E-state index >= 15 is 0 Å². The second-order valence-corrected chi connectivity index (χ2v) is 2.08. The Labute approximate surface area is 57.5 Å². The Morgan fingerprint density at radius 1 is 1.70 bits per heavy atom. The van der Waals surface area contributed by atoms with Gasteiger partial charge in [0, 0.05) is 18.0 Å². The van der Waals surface area contributed by atoms with Gasteiger partial charge in [0.25, 0.3) is 0 Å². The lowest BCUT2D eigenvalue weighted by atomic mass is 10.3. The Hall–Kier alpha value is -1.45. The Bertz CT molecular complexity index is 303. The molecule has 0 aliphatic rings. The number of hydrogen-bond acceptors (Lipinski definition) is 3. The van der Waals surface area contributed by atoms with E-state index in [1.165, 1.54) is 0 Å². The summed E-state index contributed by atoms with van der Waals surface area (Å²) in [5.41, 5.74) is 5.69. The maximum absolute atomic E-state index is 10.6. The van der Waals surface area contributed by atoms with Crippen LogP contribution in [0.1, 0.15) is 5.56 Å². The number of nitrogens with two attached hydrogens (primary N) is 1. The summed E-state index contributed by atoms with van der Waals surface area (Å²) in [6, 6.07) is 1.11. The minimum atomic E-state index is -0.622. The fourth-order valence-electron chi connectivity index (χ4n) is 0.625. The second-order valence-electron chi connectivity index (χ2n) is 2.08. The average molecular weight is 139 g/mol. The molecule has 0 unspecified atom stereocenters. The molecule has 10 heavy (non-hydrogen) atoms. The summed E-state index contributed by atoms with van der Waals surface area (Å²) >= 11 is 0. The van der Waals surface area contributed by atoms with Gasteiger partial charge in [0.2, 0.25) is 5.56 Å². The van der Waals surface area contributed by atoms with E-state index in [9.17, 15) is 10.0 Å². The van der Waals surface area contributed by atoms with Gasteiger partial charge in [-0.25, -0.2) is 0 Å². The minimum Gasteiger partial charge on any atom is -0.803 e. The molecule has 1 heterocycles. The average Bonchev–Trinajstić information content (AvgIpc) is 1.84. The van der Waals surface area contributed by atoms with E-state index in [0.717, 1.165) is 12.3 Å². The van der Waals surface area contributed by atoms with Crippen molar-refractivity contribution in [3.63, 3.8) is 0 Å². The van der Waals surface area contributed by atoms with E-state index in [4.69, 9.17) is 5.73 Å². The van der Waals surface area contributed by atoms with Gasteiger partial charge in [0.15, 0.2) is 0 Å². The molecule has 0 amide bonds. The van der Waals surface area contributed by atoms with Crippen LogP contribution in [-0.4, -0.2) is 4.73 Å². The molecule has 1 aromatic rings. The van der Waals surface area contributed by atoms with E-state index in [0.29, 0.717) is 11.3 Å². The fourth-order valence-corrected chi connectivity index (χ4v) is 0.625. The van der Waals surface area contributed by atoms with Crippen LogP contribution in [0.2, 0.25) is 0 Å². The number of nitrogen functional groups attached to an aromatic ring is 1. The smallest absolute Gasteiger partial charge is 0.247 e. The molecule has 2 N–H and O–H groups in total. The highest BCUT2D eigenvalue weighted by atomic mass is 16.5. The molecule has 0 aliphatic heterocycles. The number of anilines is 1. The zero-order chi connectivity index (χ0) is 7.72. The van der Waals surface area contributed by atoms with Crippen LogP contribution in [0.15, 0.2) is 17.1 Å². The summed E-state index contributed by atoms with van der Waals surface area (Å²) in [7, 11) is 0. The zero-order valence-corrected chi connectivity index (χ0v) is 5.50. The second kappa shape index (κ2) is 2.06. The molecule has 0 fully saturated rings. The topological polar surface area (TPSA) is 71.1 Å². The molecule has 1 aromatic heterocycles. The van der Waals surface area contributed by atoms with Gasteiger partial charge in [-0.3, -0.25) is 4.79 Å². The first-order valence-corrected chi connectivity index (χ1v) is 2.77. The number of aromatic nitrogens is 1. The van der Waals surface area contributed by atoms with Gasteiger partial charge in [-0.2, -0.15) is 0 Å². The van der Waals surface area contributed by atoms with Crippen LogP contribution in [0.5, 0.6) is 0 Å². The van der Waals surface area contributed by atoms with Crippen molar-refractivity contribution in [1.29, 1.82) is 0 Å². The van der Waals surface area contributed by atoms with Crippen molar-refractivity contribution >= 4 is 5.69 Å². The van der Waals surface area contributed by atoms with Crippen LogP contribution in [0.3, 0.4) is 0 Å². The highest BCUT2D eigenvalue weighted by Crippen LogP contribution is 2.03. The SMILES string of the molecule is Cc1cn([O-])c(=O)cc1N. The molecule has 0 bridgehead atoms. The quantitative estimate of drug-likeness (QED) is 0.553. The fraction of sp³-hybridized carbons (Fsp3) is 0.167. The predicted molar refractivity (Wildman–Crippen MR) is 38.6 cm³/mol. The number of nitrogens with zero attached hydrogens (tertiary/aromatic N) is 1. The molecule has 0 radical (unpaired) electrons. The maximum atomic E-state index is 10.6. The third kappa shape index (κ3) is 0.953. The summed E-state index contributed by atoms with van der Waals surface area (Å²) in [5, 5.41) is 10.5. The monoisotopic (exact) mass is 139 g/mol. The molecular weight excluding hydrogens is 132 g/mol. The molecule has 0 spiro atoms. The van der Waals surface area contributed by atoms with Crippen molar-refractivity contribution in [2.45, 2.75) is 6.92 Å². The molecule has 54 valence electrons. The van der Waals surface area contributed by atoms with E-state index in [1.54, 1.807) is 6.92 Å². The summed E-state index contributed by atoms with van der Waals surface area (Å²) in [6.07, 6.45) is 1.16. The van der Waals surface area contributed by atoms with Gasteiger partial charge >= 0.3 is 0 Å². The normalized spacial score (nSPS) is 9.70. The maximum Gasteiger partial charge on any atom is 0.247 e. The Kier molecular flexibility index (Phi) is 1.37. The standard InChI is InChI=1S/C6H7N2O2/c1-4-3-8(10)6(9)2-5(4)7/h2-3H,7H2,1H3/q-1. The highest BCUT2D eigenvalue weighted by Gasteiger charge is 1.92. The Morgan fingerprint density at radius 2 is 2.30 bits per heavy atom. The molecule has 4 heteroatoms. The molecule has 0 aromatic carbocycles. The van der Waals surface area contributed by atoms with Crippen molar-refractivity contribution in [1.82, 2.24) is 4.73 Å². The molecule has 0 saturated carbocycles. The first-order valence-electron chi connectivity index (χ1n) is 2.77. The number of hydrogen-bond donors (Lipinski definition) is 1. The van der Waals surface area contributed by atoms with Crippen molar-refractivity contribution in [2.24, 2.45) is 0 Å². The third-order valence-corrected chi connectivity index (χ3v) is 1.26. The summed E-state index contributed by atoms with van der Waals surface area (Å²) < 4.78 is 0.256. The molecule has 0 atom stereocenters. The van der Waals surface area contributed by atoms with Crippen molar-refractivity contribution in [3.05, 3.63) is 33.4 Å². The summed E-state index contributed by atoms with van der Waals surface area (Å²) in [6.45, 7) is 1.67. The Morgan fingerprint density at radius 3 is 2.80 bits per heavy atom. The molecule has 0 saturated heterocycles. The van der Waals surface area contributed by atoms with Crippen molar-refractivity contribution < 1.29 is 0 Å². The third-order valence-electron chi connectivity index (χ3n) is 1.26. The Balaban J connectivity index is 3.43. The van der Waals surface area contributed by atoms with Crippen LogP contribution in [0.25, 0.3) is 0 Å². The summed E-state index contributed by atoms with van der Waals surface area (Å²) in [4.78, 5) is 10.6. The summed E-state index contributed by atoms with van der Waals surface area (Å²) in [5.74, 6) is 0. The lowest BCUT2D eigenvalue weighted by Gasteiger charge is -2.09. The first kappa shape index (κ1) is 6.67. The van der Waals surface area contributed by atoms with Crippen LogP contribution >= 0.6 is 0 Å². The van der Waals surface area contributed by atoms with Gasteiger partial charge in [0.05, 0.1) is 0 Å². The number of aryl methyl sites for hydroxylation is 1. The highest BCUT2D eigenvalue weighted by molar-refractivity contribution is 5.43. The van der Waals surface area contributed by atoms with E-state index in [2.05, 4.69) is 0 Å². The van der Waals surface area contributed by atoms with E-state index in [1.807, 2.05) is 0 Å². The van der Waals surface area contributed by atoms with Crippen LogP contribution in [-0.2, 0) is 0 Å². The van der Waals surface area contributed by atoms with Crippen LogP contribution < -0.4 is 11.3 Å². The van der Waals surface area contributed by atoms with Crippen LogP contribution in [0, 0.1) is 12.1 Å². The molecule has 1 rings (SSSR count). The van der Waals surface area contributed by atoms with Gasteiger partial charge in [0.1, 0.15) is 0 Å². The largest absolute Gasteiger partial charge is 0.803 e. The minimum absolute atomic E-state index is 0.256. The van der Waals surface area contributed by atoms with Crippen molar-refractivity contribution in [3.8, 4) is 0 Å². The van der Waals surface area contributed by atoms with E-state index < -0.39 is 5.56 Å². The van der Waals surface area contributed by atoms with Gasteiger partial charge in [-0.15, -0.1) is 0 Å². The zero-order valence-electron chi connectivity index (χ0n) is 5.50. The van der Waals surface area contributed by atoms with E-state index in [-0.39, 0.29) is 4.73 Å². The van der Waals surface area contributed by atoms with Gasteiger partial charge in [-0.1, -0.05) is 0 Å². The lowest BCUT2D eigenvalue weighted by molar-refractivity contribution is 0.992. The lowest BCUT2D eigenvalue weighted by Crippen LogP contribution is -2.15. The molecule has 0 aliphatic carbocycles. The van der Waals surface area contributed by atoms with Gasteiger partial charge in [-0.05, 0) is 12.5 Å². The van der Waals surface area contributed by atoms with Crippen LogP contribution in [0.4, 0.5) is 5.69 Å². The predicted octanol–water partition coefficient (Wildman–Crippen LogP) is 0.0848. The molecular formula is C6H7N2O2-.